The van der Waals surface area contributed by atoms with Crippen molar-refractivity contribution in [1.82, 2.24) is 9.62 Å². The van der Waals surface area contributed by atoms with Crippen LogP contribution >= 0.6 is 11.3 Å². The zero-order valence-corrected chi connectivity index (χ0v) is 22.6. The fourth-order valence-electron chi connectivity index (χ4n) is 5.28. The van der Waals surface area contributed by atoms with Crippen LogP contribution in [0.3, 0.4) is 0 Å². The van der Waals surface area contributed by atoms with Gasteiger partial charge in [0.25, 0.3) is 10.0 Å². The third kappa shape index (κ3) is 4.99. The minimum atomic E-state index is -4.37. The van der Waals surface area contributed by atoms with Gasteiger partial charge in [-0.3, -0.25) is 9.59 Å². The van der Waals surface area contributed by atoms with E-state index in [0.29, 0.717) is 18.4 Å². The van der Waals surface area contributed by atoms with Crippen LogP contribution in [0.15, 0.2) is 32.9 Å². The highest BCUT2D eigenvalue weighted by atomic mass is 32.2. The number of carbonyl (C=O) groups is 2. The molecular weight excluding hydrogens is 562 g/mol. The number of carbonyl (C=O) groups excluding carboxylic acids is 2. The second kappa shape index (κ2) is 9.77. The first-order chi connectivity index (χ1) is 17.9. The number of hydrogen-bond donors (Lipinski definition) is 2. The number of rotatable bonds is 6. The van der Waals surface area contributed by atoms with E-state index < -0.39 is 61.2 Å². The van der Waals surface area contributed by atoms with Gasteiger partial charge in [-0.2, -0.15) is 8.42 Å². The van der Waals surface area contributed by atoms with E-state index >= 15 is 0 Å². The molecule has 38 heavy (non-hydrogen) atoms. The van der Waals surface area contributed by atoms with Gasteiger partial charge in [0.15, 0.2) is 23.3 Å². The number of piperidine rings is 1. The quantitative estimate of drug-likeness (QED) is 0.495. The smallest absolute Gasteiger partial charge is 0.287 e. The molecule has 2 aromatic rings. The van der Waals surface area contributed by atoms with Gasteiger partial charge >= 0.3 is 0 Å². The third-order valence-corrected chi connectivity index (χ3v) is 10.1. The van der Waals surface area contributed by atoms with Crippen LogP contribution in [0.5, 0.6) is 0 Å². The number of sulfonamides is 2. The Kier molecular flexibility index (Phi) is 6.90. The first-order valence-corrected chi connectivity index (χ1v) is 16.0. The summed E-state index contributed by atoms with van der Waals surface area (Å²) in [7, 11) is -7.96. The van der Waals surface area contributed by atoms with Gasteiger partial charge in [-0.05, 0) is 35.9 Å². The van der Waals surface area contributed by atoms with Gasteiger partial charge < -0.3 is 10.2 Å². The van der Waals surface area contributed by atoms with Crippen LogP contribution in [-0.4, -0.2) is 51.6 Å². The number of amidine groups is 1. The summed E-state index contributed by atoms with van der Waals surface area (Å²) in [5.74, 6) is -5.56. The Morgan fingerprint density at radius 3 is 2.63 bits per heavy atom. The molecule has 3 unspecified atom stereocenters. The van der Waals surface area contributed by atoms with Gasteiger partial charge in [-0.1, -0.05) is 18.9 Å². The molecule has 0 radical (unpaired) electrons. The minimum absolute atomic E-state index is 0.0768. The molecule has 15 heteroatoms. The lowest BCUT2D eigenvalue weighted by Gasteiger charge is -2.46. The monoisotopic (exact) mass is 586 g/mol. The molecular formula is C23H24F2N4O6S3. The van der Waals surface area contributed by atoms with Crippen molar-refractivity contribution >= 4 is 53.9 Å². The van der Waals surface area contributed by atoms with Crippen molar-refractivity contribution in [1.29, 1.82) is 0 Å². The van der Waals surface area contributed by atoms with E-state index in [1.165, 1.54) is 16.3 Å². The number of Topliss-reactive ketones (excluding diaryl/α,β-unsaturated/α-hetero) is 1. The van der Waals surface area contributed by atoms with Gasteiger partial charge in [0.1, 0.15) is 15.7 Å². The number of amides is 1. The predicted molar refractivity (Wildman–Crippen MR) is 135 cm³/mol. The van der Waals surface area contributed by atoms with Gasteiger partial charge in [0, 0.05) is 30.6 Å². The number of thiophene rings is 1. The zero-order chi connectivity index (χ0) is 27.4. The average molecular weight is 587 g/mol. The Labute approximate surface area is 222 Å². The molecule has 2 aliphatic heterocycles. The molecule has 3 aliphatic rings. The molecule has 1 saturated carbocycles. The highest BCUT2D eigenvalue weighted by Gasteiger charge is 2.51. The fourth-order valence-corrected chi connectivity index (χ4v) is 8.35. The molecule has 1 saturated heterocycles. The summed E-state index contributed by atoms with van der Waals surface area (Å²) >= 11 is 0.985. The van der Waals surface area contributed by atoms with E-state index in [1.807, 2.05) is 0 Å². The predicted octanol–water partition coefficient (Wildman–Crippen LogP) is 2.37. The highest BCUT2D eigenvalue weighted by molar-refractivity contribution is 7.91. The number of benzene rings is 1. The Morgan fingerprint density at radius 2 is 1.92 bits per heavy atom. The van der Waals surface area contributed by atoms with E-state index in [4.69, 9.17) is 0 Å². The fraction of sp³-hybridized carbons (Fsp3) is 0.435. The van der Waals surface area contributed by atoms with Gasteiger partial charge in [0.05, 0.1) is 6.26 Å². The van der Waals surface area contributed by atoms with Crippen LogP contribution in [0.1, 0.15) is 36.8 Å². The van der Waals surface area contributed by atoms with Crippen LogP contribution in [0, 0.1) is 23.5 Å². The van der Waals surface area contributed by atoms with E-state index in [1.54, 1.807) is 0 Å². The number of likely N-dealkylation sites (tertiary alicyclic amines) is 1. The van der Waals surface area contributed by atoms with Gasteiger partial charge in [-0.25, -0.2) is 21.9 Å². The molecule has 2 N–H and O–H groups in total. The highest BCUT2D eigenvalue weighted by Crippen LogP contribution is 2.41. The van der Waals surface area contributed by atoms with E-state index in [9.17, 15) is 35.2 Å². The topological polar surface area (TPSA) is 142 Å². The standard InChI is InChI=1S/C23H24F2N4O6S3/c1-37(32,33)26-9-13-11-36-22-20(13)38(34,35)28-21(27-22)18-19(30)14-4-2-3-5-17(14)29(23(18)31)10-12-6-7-15(24)16(25)8-12/h6-8,11,14,17-18,26H,2-5,9-10H2,1H3,(H,27,28). The van der Waals surface area contributed by atoms with E-state index in [0.717, 1.165) is 42.6 Å². The minimum Gasteiger partial charge on any atom is -0.334 e. The number of fused-ring (bicyclic) bond motifs is 2. The summed E-state index contributed by atoms with van der Waals surface area (Å²) in [6.45, 7) is -0.351. The number of nitrogens with one attached hydrogen (secondary N) is 2. The average Bonchev–Trinajstić information content (AvgIpc) is 3.26. The Bertz CT molecular complexity index is 1570. The summed E-state index contributed by atoms with van der Waals surface area (Å²) in [5, 5.41) is 4.42. The largest absolute Gasteiger partial charge is 0.334 e. The lowest BCUT2D eigenvalue weighted by atomic mass is 9.73. The maximum Gasteiger partial charge on any atom is 0.287 e. The second-order valence-corrected chi connectivity index (χ2v) is 13.9. The number of ketones is 1. The van der Waals surface area contributed by atoms with E-state index in [2.05, 4.69) is 14.4 Å². The van der Waals surface area contributed by atoms with Crippen molar-refractivity contribution in [3.8, 4) is 0 Å². The second-order valence-electron chi connectivity index (χ2n) is 9.60. The summed E-state index contributed by atoms with van der Waals surface area (Å²) in [4.78, 5) is 28.5. The van der Waals surface area contributed by atoms with Crippen molar-refractivity contribution < 1.29 is 35.2 Å². The van der Waals surface area contributed by atoms with Gasteiger partial charge in [0.2, 0.25) is 15.9 Å². The summed E-state index contributed by atoms with van der Waals surface area (Å²) < 4.78 is 82.7. The molecule has 0 spiro atoms. The molecule has 3 atom stereocenters. The number of nitrogens with zero attached hydrogens (tertiary/aromatic N) is 2. The van der Waals surface area contributed by atoms with Crippen molar-refractivity contribution in [3.63, 3.8) is 0 Å². The number of halogens is 2. The van der Waals surface area contributed by atoms with Crippen molar-refractivity contribution in [2.75, 3.05) is 11.6 Å². The Balaban J connectivity index is 1.49. The Hall–Kier alpha value is -2.75. The summed E-state index contributed by atoms with van der Waals surface area (Å²) in [6, 6.07) is 2.88. The lowest BCUT2D eigenvalue weighted by molar-refractivity contribution is -0.152. The molecule has 1 aliphatic carbocycles. The van der Waals surface area contributed by atoms with Crippen LogP contribution in [0.2, 0.25) is 0 Å². The Morgan fingerprint density at radius 1 is 1.18 bits per heavy atom. The molecule has 1 aromatic carbocycles. The SMILES string of the molecule is CS(=O)(=O)NCc1csc2c1S(=O)(=O)N=C(C1C(=O)C3CCCCC3N(Cc3ccc(F)c(F)c3)C1=O)N2. The lowest BCUT2D eigenvalue weighted by Crippen LogP contribution is -2.60. The molecule has 204 valence electrons. The summed E-state index contributed by atoms with van der Waals surface area (Å²) in [5.41, 5.74) is 0.517. The first-order valence-electron chi connectivity index (χ1n) is 11.8. The van der Waals surface area contributed by atoms with Crippen LogP contribution in [0.25, 0.3) is 0 Å². The first kappa shape index (κ1) is 26.8. The van der Waals surface area contributed by atoms with Gasteiger partial charge in [-0.15, -0.1) is 15.7 Å². The van der Waals surface area contributed by atoms with E-state index in [-0.39, 0.29) is 34.4 Å². The molecule has 10 nitrogen and oxygen atoms in total. The molecule has 3 heterocycles. The van der Waals surface area contributed by atoms with Crippen LogP contribution < -0.4 is 10.0 Å². The maximum absolute atomic E-state index is 13.9. The molecule has 5 rings (SSSR count). The zero-order valence-electron chi connectivity index (χ0n) is 20.1. The van der Waals surface area contributed by atoms with Crippen molar-refractivity contribution in [2.45, 2.75) is 49.7 Å². The maximum atomic E-state index is 13.9. The number of hydrogen-bond acceptors (Lipinski definition) is 8. The summed E-state index contributed by atoms with van der Waals surface area (Å²) in [6.07, 6.45) is 3.56. The third-order valence-electron chi connectivity index (χ3n) is 6.98. The van der Waals surface area contributed by atoms with Crippen molar-refractivity contribution in [3.05, 3.63) is 46.3 Å². The number of anilines is 1. The molecule has 0 bridgehead atoms. The van der Waals surface area contributed by atoms with Crippen LogP contribution in [-0.2, 0) is 42.7 Å². The molecule has 2 fully saturated rings. The van der Waals surface area contributed by atoms with Crippen LogP contribution in [0.4, 0.5) is 13.8 Å². The normalized spacial score (nSPS) is 24.9. The molecule has 1 aromatic heterocycles. The van der Waals surface area contributed by atoms with Crippen molar-refractivity contribution in [2.24, 2.45) is 16.2 Å². The molecule has 1 amide bonds.